The van der Waals surface area contributed by atoms with Gasteiger partial charge in [-0.1, -0.05) is 18.2 Å². The van der Waals surface area contributed by atoms with E-state index in [0.717, 1.165) is 0 Å². The zero-order valence-electron chi connectivity index (χ0n) is 15.0. The maximum absolute atomic E-state index is 12.3. The summed E-state index contributed by atoms with van der Waals surface area (Å²) < 4.78 is 11.2. The minimum absolute atomic E-state index is 0.298. The molecule has 0 aliphatic rings. The number of amides is 1. The topological polar surface area (TPSA) is 94.5 Å². The van der Waals surface area contributed by atoms with E-state index < -0.39 is 17.7 Å². The Morgan fingerprint density at radius 3 is 2.68 bits per heavy atom. The molecule has 1 aromatic carbocycles. The lowest BCUT2D eigenvalue weighted by atomic mass is 10.1. The molecule has 0 spiro atoms. The van der Waals surface area contributed by atoms with Gasteiger partial charge in [0.2, 0.25) is 11.8 Å². The Balaban J connectivity index is 2.28. The predicted molar refractivity (Wildman–Crippen MR) is 95.7 cm³/mol. The quantitative estimate of drug-likeness (QED) is 0.655. The molecule has 0 radical (unpaired) electrons. The van der Waals surface area contributed by atoms with Crippen LogP contribution in [-0.4, -0.2) is 33.8 Å². The Kier molecular flexibility index (Phi) is 5.46. The zero-order valence-corrected chi connectivity index (χ0v) is 15.0. The van der Waals surface area contributed by atoms with Gasteiger partial charge in [0.15, 0.2) is 0 Å². The number of nitrogens with two attached hydrogens (primary N) is 1. The van der Waals surface area contributed by atoms with Crippen molar-refractivity contribution in [2.45, 2.75) is 38.8 Å². The van der Waals surface area contributed by atoms with Gasteiger partial charge < -0.3 is 14.9 Å². The highest BCUT2D eigenvalue weighted by Gasteiger charge is 2.29. The number of nitrogen functional groups attached to an aromatic ring is 1. The number of nitrogens with zero attached hydrogens (tertiary/aromatic N) is 3. The Labute approximate surface area is 147 Å². The SMILES string of the molecule is C=CCC(c1nnc(-c2ccccc2N)o1)N(C)C(=O)OC(C)(C)C. The normalized spacial score (nSPS) is 12.5. The van der Waals surface area contributed by atoms with E-state index in [4.69, 9.17) is 14.9 Å². The summed E-state index contributed by atoms with van der Waals surface area (Å²) in [7, 11) is 1.63. The second-order valence-corrected chi connectivity index (χ2v) is 6.66. The van der Waals surface area contributed by atoms with Crippen LogP contribution in [-0.2, 0) is 4.74 Å². The first-order valence-electron chi connectivity index (χ1n) is 7.98. The molecule has 0 saturated heterocycles. The molecule has 2 rings (SSSR count). The van der Waals surface area contributed by atoms with Crippen LogP contribution < -0.4 is 5.73 Å². The lowest BCUT2D eigenvalue weighted by molar-refractivity contribution is 0.0198. The first kappa shape index (κ1) is 18.5. The van der Waals surface area contributed by atoms with Crippen molar-refractivity contribution in [2.75, 3.05) is 12.8 Å². The van der Waals surface area contributed by atoms with E-state index in [1.54, 1.807) is 25.3 Å². The molecule has 1 amide bonds. The fourth-order valence-corrected chi connectivity index (χ4v) is 2.21. The van der Waals surface area contributed by atoms with Crippen LogP contribution in [0.5, 0.6) is 0 Å². The van der Waals surface area contributed by atoms with Crippen molar-refractivity contribution in [3.05, 3.63) is 42.8 Å². The highest BCUT2D eigenvalue weighted by molar-refractivity contribution is 5.70. The average Bonchev–Trinajstić information content (AvgIpc) is 3.00. The van der Waals surface area contributed by atoms with Gasteiger partial charge in [0.1, 0.15) is 11.6 Å². The molecule has 1 unspecified atom stereocenters. The van der Waals surface area contributed by atoms with Gasteiger partial charge in [-0.2, -0.15) is 0 Å². The Hall–Kier alpha value is -2.83. The van der Waals surface area contributed by atoms with E-state index in [1.165, 1.54) is 4.90 Å². The van der Waals surface area contributed by atoms with Crippen molar-refractivity contribution < 1.29 is 13.9 Å². The highest BCUT2D eigenvalue weighted by atomic mass is 16.6. The van der Waals surface area contributed by atoms with E-state index in [0.29, 0.717) is 29.5 Å². The van der Waals surface area contributed by atoms with Crippen LogP contribution in [0.15, 0.2) is 41.3 Å². The number of hydrogen-bond acceptors (Lipinski definition) is 6. The summed E-state index contributed by atoms with van der Waals surface area (Å²) in [5.74, 6) is 0.603. The van der Waals surface area contributed by atoms with Gasteiger partial charge in [-0.3, -0.25) is 4.90 Å². The van der Waals surface area contributed by atoms with E-state index in [2.05, 4.69) is 16.8 Å². The third-order valence-electron chi connectivity index (χ3n) is 3.46. The number of anilines is 1. The number of ether oxygens (including phenoxy) is 1. The van der Waals surface area contributed by atoms with Crippen molar-refractivity contribution in [1.29, 1.82) is 0 Å². The van der Waals surface area contributed by atoms with Gasteiger partial charge in [-0.05, 0) is 39.3 Å². The van der Waals surface area contributed by atoms with E-state index >= 15 is 0 Å². The smallest absolute Gasteiger partial charge is 0.410 e. The molecule has 0 aliphatic heterocycles. The van der Waals surface area contributed by atoms with Gasteiger partial charge in [-0.25, -0.2) is 4.79 Å². The number of carbonyl (C=O) groups excluding carboxylic acids is 1. The third-order valence-corrected chi connectivity index (χ3v) is 3.46. The second-order valence-electron chi connectivity index (χ2n) is 6.66. The van der Waals surface area contributed by atoms with Crippen LogP contribution in [0.4, 0.5) is 10.5 Å². The summed E-state index contributed by atoms with van der Waals surface area (Å²) in [6, 6.07) is 6.75. The molecule has 0 fully saturated rings. The minimum atomic E-state index is -0.595. The summed E-state index contributed by atoms with van der Waals surface area (Å²) >= 11 is 0. The first-order valence-corrected chi connectivity index (χ1v) is 7.98. The largest absolute Gasteiger partial charge is 0.444 e. The number of rotatable bonds is 5. The summed E-state index contributed by atoms with van der Waals surface area (Å²) in [5, 5.41) is 8.14. The maximum Gasteiger partial charge on any atom is 0.410 e. The van der Waals surface area contributed by atoms with Crippen molar-refractivity contribution in [3.8, 4) is 11.5 Å². The average molecular weight is 344 g/mol. The van der Waals surface area contributed by atoms with Crippen molar-refractivity contribution in [1.82, 2.24) is 15.1 Å². The standard InChI is InChI=1S/C18H24N4O3/c1-6-9-14(22(5)17(23)25-18(2,3)4)16-21-20-15(24-16)12-10-7-8-11-13(12)19/h6-8,10-11,14H,1,9,19H2,2-5H3. The van der Waals surface area contributed by atoms with E-state index in [-0.39, 0.29) is 0 Å². The summed E-state index contributed by atoms with van der Waals surface area (Å²) in [4.78, 5) is 13.8. The number of carbonyl (C=O) groups is 1. The molecule has 1 aromatic heterocycles. The molecule has 0 saturated carbocycles. The monoisotopic (exact) mass is 344 g/mol. The molecule has 1 heterocycles. The van der Waals surface area contributed by atoms with Crippen LogP contribution in [0, 0.1) is 0 Å². The van der Waals surface area contributed by atoms with E-state index in [9.17, 15) is 4.79 Å². The molecular formula is C18H24N4O3. The Bertz CT molecular complexity index is 749. The summed E-state index contributed by atoms with van der Waals surface area (Å²) in [6.07, 6.45) is 1.66. The lowest BCUT2D eigenvalue weighted by Gasteiger charge is -2.28. The lowest BCUT2D eigenvalue weighted by Crippen LogP contribution is -2.36. The fourth-order valence-electron chi connectivity index (χ4n) is 2.21. The van der Waals surface area contributed by atoms with Crippen molar-refractivity contribution in [3.63, 3.8) is 0 Å². The van der Waals surface area contributed by atoms with Gasteiger partial charge in [0.05, 0.1) is 5.56 Å². The number of aromatic nitrogens is 2. The molecule has 0 aliphatic carbocycles. The third kappa shape index (κ3) is 4.59. The molecule has 25 heavy (non-hydrogen) atoms. The summed E-state index contributed by atoms with van der Waals surface area (Å²) in [6.45, 7) is 9.16. The van der Waals surface area contributed by atoms with Crippen LogP contribution in [0.1, 0.15) is 39.1 Å². The van der Waals surface area contributed by atoms with Crippen LogP contribution >= 0.6 is 0 Å². The Morgan fingerprint density at radius 1 is 1.40 bits per heavy atom. The molecule has 0 bridgehead atoms. The van der Waals surface area contributed by atoms with E-state index in [1.807, 2.05) is 32.9 Å². The predicted octanol–water partition coefficient (Wildman–Crippen LogP) is 3.80. The van der Waals surface area contributed by atoms with Gasteiger partial charge in [0, 0.05) is 12.7 Å². The van der Waals surface area contributed by atoms with Crippen molar-refractivity contribution >= 4 is 11.8 Å². The molecule has 134 valence electrons. The molecule has 2 aromatic rings. The van der Waals surface area contributed by atoms with Gasteiger partial charge >= 0.3 is 6.09 Å². The fraction of sp³-hybridized carbons (Fsp3) is 0.389. The van der Waals surface area contributed by atoms with Gasteiger partial charge in [-0.15, -0.1) is 16.8 Å². The van der Waals surface area contributed by atoms with Crippen LogP contribution in [0.2, 0.25) is 0 Å². The molecular weight excluding hydrogens is 320 g/mol. The number of para-hydroxylation sites is 1. The Morgan fingerprint density at radius 2 is 2.08 bits per heavy atom. The first-order chi connectivity index (χ1) is 11.7. The highest BCUT2D eigenvalue weighted by Crippen LogP contribution is 2.29. The van der Waals surface area contributed by atoms with Crippen LogP contribution in [0.3, 0.4) is 0 Å². The minimum Gasteiger partial charge on any atom is -0.444 e. The number of benzene rings is 1. The molecule has 1 atom stereocenters. The zero-order chi connectivity index (χ0) is 18.6. The maximum atomic E-state index is 12.3. The number of hydrogen-bond donors (Lipinski definition) is 1. The molecule has 7 nitrogen and oxygen atoms in total. The molecule has 7 heteroatoms. The summed E-state index contributed by atoms with van der Waals surface area (Å²) in [5.41, 5.74) is 6.54. The van der Waals surface area contributed by atoms with Crippen molar-refractivity contribution in [2.24, 2.45) is 0 Å². The van der Waals surface area contributed by atoms with Crippen LogP contribution in [0.25, 0.3) is 11.5 Å². The molecule has 2 N–H and O–H groups in total. The second kappa shape index (κ2) is 7.38. The van der Waals surface area contributed by atoms with Gasteiger partial charge in [0.25, 0.3) is 0 Å².